The molecule has 8 heteroatoms. The fourth-order valence-electron chi connectivity index (χ4n) is 4.60. The number of aromatic amines is 1. The molecule has 150 valence electrons. The van der Waals surface area contributed by atoms with E-state index in [4.69, 9.17) is 5.10 Å². The normalized spacial score (nSPS) is 18.1. The third-order valence-electron chi connectivity index (χ3n) is 6.01. The summed E-state index contributed by atoms with van der Waals surface area (Å²) in [5.74, 6) is -0.761. The lowest BCUT2D eigenvalue weighted by Gasteiger charge is -2.23. The molecule has 4 aromatic rings. The number of para-hydroxylation sites is 1. The Balaban J connectivity index is 1.62. The van der Waals surface area contributed by atoms with Crippen molar-refractivity contribution in [3.05, 3.63) is 53.2 Å². The van der Waals surface area contributed by atoms with Crippen molar-refractivity contribution in [2.75, 3.05) is 13.1 Å². The van der Waals surface area contributed by atoms with Crippen LogP contribution in [0.2, 0.25) is 0 Å². The number of carbonyl (C=O) groups is 2. The summed E-state index contributed by atoms with van der Waals surface area (Å²) in [6.07, 6.45) is 3.77. The van der Waals surface area contributed by atoms with Gasteiger partial charge in [-0.25, -0.2) is 0 Å². The maximum atomic E-state index is 12.9. The first-order valence-electron chi connectivity index (χ1n) is 10.1. The van der Waals surface area contributed by atoms with E-state index in [1.165, 1.54) is 0 Å². The summed E-state index contributed by atoms with van der Waals surface area (Å²) in [5.41, 5.74) is 3.06. The van der Waals surface area contributed by atoms with Gasteiger partial charge in [0.2, 0.25) is 0 Å². The van der Waals surface area contributed by atoms with Crippen LogP contribution in [0.25, 0.3) is 32.3 Å². The highest BCUT2D eigenvalue weighted by atomic mass is 32.1. The molecule has 0 radical (unpaired) electrons. The largest absolute Gasteiger partial charge is 0.352 e. The molecule has 0 atom stereocenters. The lowest BCUT2D eigenvalue weighted by molar-refractivity contribution is -0.122. The molecular weight excluding hydrogens is 398 g/mol. The molecule has 2 aliphatic rings. The second kappa shape index (κ2) is 6.65. The van der Waals surface area contributed by atoms with E-state index in [1.54, 1.807) is 17.5 Å². The average Bonchev–Trinajstić information content (AvgIpc) is 3.51. The highest BCUT2D eigenvalue weighted by molar-refractivity contribution is 7.16. The minimum absolute atomic E-state index is 0.268. The molecule has 2 amide bonds. The number of carbonyl (C=O) groups excluding carboxylic acids is 2. The first-order chi connectivity index (χ1) is 14.7. The smallest absolute Gasteiger partial charge is 0.261 e. The van der Waals surface area contributed by atoms with Gasteiger partial charge in [0.25, 0.3) is 11.8 Å². The van der Waals surface area contributed by atoms with Crippen molar-refractivity contribution in [2.24, 2.45) is 0 Å². The van der Waals surface area contributed by atoms with Gasteiger partial charge in [0.05, 0.1) is 22.7 Å². The van der Waals surface area contributed by atoms with Crippen molar-refractivity contribution in [2.45, 2.75) is 18.9 Å². The minimum atomic E-state index is -0.389. The fraction of sp³-hybridized carbons (Fsp3) is 0.227. The molecule has 1 aromatic carbocycles. The number of fused-ring (bicyclic) bond motifs is 2. The number of hydrogen-bond donors (Lipinski definition) is 3. The van der Waals surface area contributed by atoms with Crippen molar-refractivity contribution in [1.29, 1.82) is 0 Å². The van der Waals surface area contributed by atoms with Gasteiger partial charge >= 0.3 is 0 Å². The lowest BCUT2D eigenvalue weighted by atomic mass is 9.98. The van der Waals surface area contributed by atoms with Crippen LogP contribution in [-0.2, 0) is 9.59 Å². The van der Waals surface area contributed by atoms with Gasteiger partial charge < -0.3 is 10.3 Å². The average molecular weight is 417 g/mol. The van der Waals surface area contributed by atoms with Gasteiger partial charge in [0.1, 0.15) is 10.5 Å². The fourth-order valence-corrected chi connectivity index (χ4v) is 5.37. The number of amides is 2. The Morgan fingerprint density at radius 2 is 1.80 bits per heavy atom. The molecule has 30 heavy (non-hydrogen) atoms. The highest BCUT2D eigenvalue weighted by Crippen LogP contribution is 2.38. The van der Waals surface area contributed by atoms with E-state index in [1.807, 2.05) is 40.4 Å². The maximum Gasteiger partial charge on any atom is 0.261 e. The van der Waals surface area contributed by atoms with Gasteiger partial charge in [-0.1, -0.05) is 18.2 Å². The summed E-state index contributed by atoms with van der Waals surface area (Å²) in [6, 6.07) is 10.2. The number of benzene rings is 1. The number of nitrogens with zero attached hydrogens (tertiary/aromatic N) is 2. The number of piperidine rings is 1. The number of nitrogens with one attached hydrogen (secondary N) is 3. The minimum Gasteiger partial charge on any atom is -0.352 e. The van der Waals surface area contributed by atoms with Gasteiger partial charge in [-0.2, -0.15) is 5.10 Å². The van der Waals surface area contributed by atoms with Crippen LogP contribution >= 0.6 is 11.3 Å². The molecule has 0 bridgehead atoms. The van der Waals surface area contributed by atoms with Crippen LogP contribution in [0.1, 0.15) is 30.1 Å². The molecular formula is C22H19N5O2S. The van der Waals surface area contributed by atoms with Crippen molar-refractivity contribution >= 4 is 55.4 Å². The van der Waals surface area contributed by atoms with Crippen molar-refractivity contribution < 1.29 is 9.59 Å². The molecule has 0 saturated carbocycles. The Morgan fingerprint density at radius 1 is 1.00 bits per heavy atom. The van der Waals surface area contributed by atoms with Crippen LogP contribution in [0.4, 0.5) is 0 Å². The Hall–Kier alpha value is -3.23. The quantitative estimate of drug-likeness (QED) is 0.447. The van der Waals surface area contributed by atoms with Crippen LogP contribution in [0.5, 0.6) is 0 Å². The molecule has 0 spiro atoms. The summed E-state index contributed by atoms with van der Waals surface area (Å²) in [4.78, 5) is 30.0. The predicted molar refractivity (Wildman–Crippen MR) is 117 cm³/mol. The topological polar surface area (TPSA) is 91.8 Å². The molecule has 1 saturated heterocycles. The second-order valence-electron chi connectivity index (χ2n) is 7.69. The molecule has 2 aliphatic heterocycles. The van der Waals surface area contributed by atoms with Gasteiger partial charge in [-0.05, 0) is 43.4 Å². The standard InChI is InChI=1S/C22H19N5O2S/c28-20-17(15-11-24-22-13(15)7-10-30-22)18(21(29)25-20)19-14-3-1-2-4-16(14)27(26-19)12-5-8-23-9-6-12/h1-4,7,10-12,23-24H,5-6,8-9H2,(H,25,28,29). The van der Waals surface area contributed by atoms with Crippen LogP contribution in [0.15, 0.2) is 41.9 Å². The number of rotatable bonds is 3. The Bertz CT molecular complexity index is 1350. The number of H-pyrrole nitrogens is 1. The van der Waals surface area contributed by atoms with E-state index in [0.29, 0.717) is 16.8 Å². The van der Waals surface area contributed by atoms with E-state index in [9.17, 15) is 9.59 Å². The van der Waals surface area contributed by atoms with Crippen molar-refractivity contribution in [1.82, 2.24) is 25.4 Å². The first kappa shape index (κ1) is 17.6. The third kappa shape index (κ3) is 2.50. The predicted octanol–water partition coefficient (Wildman–Crippen LogP) is 3.07. The second-order valence-corrected chi connectivity index (χ2v) is 8.61. The third-order valence-corrected chi connectivity index (χ3v) is 6.85. The molecule has 0 unspecified atom stereocenters. The molecule has 5 heterocycles. The van der Waals surface area contributed by atoms with Crippen LogP contribution in [0.3, 0.4) is 0 Å². The molecule has 3 aromatic heterocycles. The number of aromatic nitrogens is 3. The lowest BCUT2D eigenvalue weighted by Crippen LogP contribution is -2.29. The van der Waals surface area contributed by atoms with Crippen molar-refractivity contribution in [3.8, 4) is 0 Å². The number of imide groups is 1. The summed E-state index contributed by atoms with van der Waals surface area (Å²) < 4.78 is 2.05. The van der Waals surface area contributed by atoms with Crippen LogP contribution < -0.4 is 10.6 Å². The summed E-state index contributed by atoms with van der Waals surface area (Å²) in [6.45, 7) is 1.89. The van der Waals surface area contributed by atoms with E-state index in [0.717, 1.165) is 52.6 Å². The van der Waals surface area contributed by atoms with Gasteiger partial charge in [-0.3, -0.25) is 19.6 Å². The van der Waals surface area contributed by atoms with E-state index >= 15 is 0 Å². The Kier molecular flexibility index (Phi) is 3.90. The first-order valence-corrected chi connectivity index (χ1v) is 10.9. The van der Waals surface area contributed by atoms with Gasteiger partial charge in [0.15, 0.2) is 0 Å². The zero-order chi connectivity index (χ0) is 20.2. The summed E-state index contributed by atoms with van der Waals surface area (Å²) in [7, 11) is 0. The highest BCUT2D eigenvalue weighted by Gasteiger charge is 2.36. The molecule has 7 nitrogen and oxygen atoms in total. The Labute approximate surface area is 175 Å². The van der Waals surface area contributed by atoms with E-state index in [-0.39, 0.29) is 17.9 Å². The Morgan fingerprint density at radius 3 is 2.67 bits per heavy atom. The number of hydrogen-bond acceptors (Lipinski definition) is 5. The van der Waals surface area contributed by atoms with E-state index in [2.05, 4.69) is 15.6 Å². The number of thiophene rings is 1. The maximum absolute atomic E-state index is 12.9. The van der Waals surface area contributed by atoms with Crippen LogP contribution in [-0.4, -0.2) is 39.7 Å². The summed E-state index contributed by atoms with van der Waals surface area (Å²) in [5, 5.41) is 14.6. The monoisotopic (exact) mass is 417 g/mol. The van der Waals surface area contributed by atoms with Crippen LogP contribution in [0, 0.1) is 0 Å². The SMILES string of the molecule is O=C1NC(=O)C(c2nn(C3CCNCC3)c3ccccc23)=C1c1c[nH]c2sccc12. The van der Waals surface area contributed by atoms with E-state index < -0.39 is 0 Å². The molecule has 3 N–H and O–H groups in total. The van der Waals surface area contributed by atoms with Crippen molar-refractivity contribution in [3.63, 3.8) is 0 Å². The molecule has 0 aliphatic carbocycles. The molecule has 1 fully saturated rings. The zero-order valence-electron chi connectivity index (χ0n) is 16.1. The van der Waals surface area contributed by atoms with Gasteiger partial charge in [-0.15, -0.1) is 11.3 Å². The van der Waals surface area contributed by atoms with Gasteiger partial charge in [0, 0.05) is 22.5 Å². The summed E-state index contributed by atoms with van der Waals surface area (Å²) >= 11 is 1.57. The molecule has 6 rings (SSSR count). The zero-order valence-corrected chi connectivity index (χ0v) is 16.9.